The highest BCUT2D eigenvalue weighted by atomic mass is 19.1. The number of hydrogen-bond acceptors (Lipinski definition) is 3. The van der Waals surface area contributed by atoms with E-state index in [1.807, 2.05) is 0 Å². The first kappa shape index (κ1) is 11.9. The quantitative estimate of drug-likeness (QED) is 0.763. The van der Waals surface area contributed by atoms with Crippen molar-refractivity contribution in [3.8, 4) is 22.6 Å². The van der Waals surface area contributed by atoms with Gasteiger partial charge in [0.25, 0.3) is 0 Å². The molecule has 0 aliphatic heterocycles. The Morgan fingerprint density at radius 2 is 1.56 bits per heavy atom. The van der Waals surface area contributed by atoms with E-state index in [1.54, 1.807) is 0 Å². The standard InChI is InChI=1S/C13H9FO4/c14-10-5-7(2-4-11(10)15)8-1-3-9(13(17)18)12(16)6-8/h1-6,15-16H,(H,17,18). The van der Waals surface area contributed by atoms with Gasteiger partial charge in [-0.1, -0.05) is 12.1 Å². The number of aromatic hydroxyl groups is 2. The van der Waals surface area contributed by atoms with Crippen LogP contribution < -0.4 is 0 Å². The Balaban J connectivity index is 2.48. The van der Waals surface area contributed by atoms with Gasteiger partial charge in [-0.15, -0.1) is 0 Å². The van der Waals surface area contributed by atoms with Crippen molar-refractivity contribution in [2.45, 2.75) is 0 Å². The highest BCUT2D eigenvalue weighted by Gasteiger charge is 2.11. The van der Waals surface area contributed by atoms with E-state index in [-0.39, 0.29) is 5.56 Å². The molecule has 0 heterocycles. The van der Waals surface area contributed by atoms with Crippen molar-refractivity contribution >= 4 is 5.97 Å². The second-order valence-corrected chi connectivity index (χ2v) is 3.70. The van der Waals surface area contributed by atoms with Crippen LogP contribution in [0.15, 0.2) is 36.4 Å². The highest BCUT2D eigenvalue weighted by molar-refractivity contribution is 5.91. The van der Waals surface area contributed by atoms with Gasteiger partial charge in [0.2, 0.25) is 0 Å². The Morgan fingerprint density at radius 1 is 0.944 bits per heavy atom. The van der Waals surface area contributed by atoms with Crippen molar-refractivity contribution in [2.75, 3.05) is 0 Å². The molecule has 0 amide bonds. The van der Waals surface area contributed by atoms with E-state index < -0.39 is 23.3 Å². The highest BCUT2D eigenvalue weighted by Crippen LogP contribution is 2.29. The van der Waals surface area contributed by atoms with E-state index in [1.165, 1.54) is 30.3 Å². The van der Waals surface area contributed by atoms with Crippen molar-refractivity contribution in [3.63, 3.8) is 0 Å². The van der Waals surface area contributed by atoms with Crippen molar-refractivity contribution in [1.29, 1.82) is 0 Å². The van der Waals surface area contributed by atoms with Gasteiger partial charge < -0.3 is 15.3 Å². The Bertz CT molecular complexity index is 622. The molecule has 0 fully saturated rings. The number of aromatic carboxylic acids is 1. The maximum Gasteiger partial charge on any atom is 0.339 e. The Kier molecular flexibility index (Phi) is 2.89. The van der Waals surface area contributed by atoms with Crippen LogP contribution in [0.2, 0.25) is 0 Å². The van der Waals surface area contributed by atoms with Gasteiger partial charge in [0, 0.05) is 0 Å². The molecule has 0 spiro atoms. The molecule has 0 bridgehead atoms. The van der Waals surface area contributed by atoms with Gasteiger partial charge in [0.1, 0.15) is 11.3 Å². The molecule has 0 atom stereocenters. The second kappa shape index (κ2) is 4.37. The summed E-state index contributed by atoms with van der Waals surface area (Å²) in [6, 6.07) is 7.67. The van der Waals surface area contributed by atoms with Crippen molar-refractivity contribution < 1.29 is 24.5 Å². The molecule has 0 saturated carbocycles. The summed E-state index contributed by atoms with van der Waals surface area (Å²) in [5.41, 5.74) is 0.659. The zero-order valence-electron chi connectivity index (χ0n) is 9.09. The molecule has 0 aliphatic rings. The summed E-state index contributed by atoms with van der Waals surface area (Å²) in [5.74, 6) is -2.89. The molecule has 92 valence electrons. The predicted molar refractivity (Wildman–Crippen MR) is 62.1 cm³/mol. The van der Waals surface area contributed by atoms with Gasteiger partial charge in [-0.3, -0.25) is 0 Å². The number of benzene rings is 2. The first-order valence-corrected chi connectivity index (χ1v) is 5.04. The molecule has 5 heteroatoms. The van der Waals surface area contributed by atoms with E-state index in [4.69, 9.17) is 10.2 Å². The third-order valence-electron chi connectivity index (χ3n) is 2.51. The van der Waals surface area contributed by atoms with Crippen LogP contribution in [0.5, 0.6) is 11.5 Å². The third kappa shape index (κ3) is 2.10. The average Bonchev–Trinajstić information content (AvgIpc) is 2.32. The molecule has 0 saturated heterocycles. The van der Waals surface area contributed by atoms with Crippen molar-refractivity contribution in [2.24, 2.45) is 0 Å². The molecule has 0 radical (unpaired) electrons. The Morgan fingerprint density at radius 3 is 2.11 bits per heavy atom. The van der Waals surface area contributed by atoms with E-state index in [0.29, 0.717) is 11.1 Å². The molecule has 18 heavy (non-hydrogen) atoms. The summed E-state index contributed by atoms with van der Waals surface area (Å²) in [6.07, 6.45) is 0. The van der Waals surface area contributed by atoms with E-state index >= 15 is 0 Å². The first-order valence-electron chi connectivity index (χ1n) is 5.04. The van der Waals surface area contributed by atoms with E-state index in [0.717, 1.165) is 6.07 Å². The molecule has 3 N–H and O–H groups in total. The molecule has 0 unspecified atom stereocenters. The number of carbonyl (C=O) groups is 1. The van der Waals surface area contributed by atoms with Gasteiger partial charge in [-0.25, -0.2) is 9.18 Å². The first-order chi connectivity index (χ1) is 8.49. The predicted octanol–water partition coefficient (Wildman–Crippen LogP) is 2.60. The molecular formula is C13H9FO4. The fourth-order valence-electron chi connectivity index (χ4n) is 1.58. The minimum atomic E-state index is -1.24. The van der Waals surface area contributed by atoms with Crippen LogP contribution >= 0.6 is 0 Å². The van der Waals surface area contributed by atoms with Gasteiger partial charge in [0.05, 0.1) is 0 Å². The van der Waals surface area contributed by atoms with E-state index in [2.05, 4.69) is 0 Å². The van der Waals surface area contributed by atoms with Crippen LogP contribution in [0, 0.1) is 5.82 Å². The number of carboxylic acid groups (broad SMARTS) is 1. The monoisotopic (exact) mass is 248 g/mol. The Labute approximate surface area is 102 Å². The second-order valence-electron chi connectivity index (χ2n) is 3.70. The molecule has 2 aromatic carbocycles. The van der Waals surface area contributed by atoms with Crippen LogP contribution in [-0.4, -0.2) is 21.3 Å². The average molecular weight is 248 g/mol. The minimum absolute atomic E-state index is 0.224. The van der Waals surface area contributed by atoms with E-state index in [9.17, 15) is 14.3 Å². The van der Waals surface area contributed by atoms with Crippen LogP contribution in [0.25, 0.3) is 11.1 Å². The molecule has 2 rings (SSSR count). The molecule has 0 aromatic heterocycles. The number of halogens is 1. The SMILES string of the molecule is O=C(O)c1ccc(-c2ccc(O)c(F)c2)cc1O. The number of carboxylic acids is 1. The normalized spacial score (nSPS) is 10.3. The molecular weight excluding hydrogens is 239 g/mol. The lowest BCUT2D eigenvalue weighted by atomic mass is 10.0. The zero-order chi connectivity index (χ0) is 13.3. The Hall–Kier alpha value is -2.56. The van der Waals surface area contributed by atoms with Crippen molar-refractivity contribution in [1.82, 2.24) is 0 Å². The number of phenols is 2. The largest absolute Gasteiger partial charge is 0.507 e. The number of hydrogen-bond donors (Lipinski definition) is 3. The maximum atomic E-state index is 13.2. The summed E-state index contributed by atoms with van der Waals surface area (Å²) in [4.78, 5) is 10.7. The van der Waals surface area contributed by atoms with Gasteiger partial charge in [0.15, 0.2) is 11.6 Å². The molecule has 4 nitrogen and oxygen atoms in total. The fourth-order valence-corrected chi connectivity index (χ4v) is 1.58. The smallest absolute Gasteiger partial charge is 0.339 e. The van der Waals surface area contributed by atoms with Gasteiger partial charge in [-0.2, -0.15) is 0 Å². The summed E-state index contributed by atoms with van der Waals surface area (Å²) in [6.45, 7) is 0. The van der Waals surface area contributed by atoms with Crippen molar-refractivity contribution in [3.05, 3.63) is 47.8 Å². The molecule has 2 aromatic rings. The summed E-state index contributed by atoms with van der Waals surface area (Å²) >= 11 is 0. The summed E-state index contributed by atoms with van der Waals surface area (Å²) < 4.78 is 13.2. The number of phenolic OH excluding ortho intramolecular Hbond substituents is 1. The minimum Gasteiger partial charge on any atom is -0.507 e. The number of rotatable bonds is 2. The van der Waals surface area contributed by atoms with Gasteiger partial charge in [-0.05, 0) is 35.4 Å². The van der Waals surface area contributed by atoms with Crippen LogP contribution in [0.1, 0.15) is 10.4 Å². The summed E-state index contributed by atoms with van der Waals surface area (Å²) in [7, 11) is 0. The lowest BCUT2D eigenvalue weighted by Gasteiger charge is -2.05. The summed E-state index contributed by atoms with van der Waals surface area (Å²) in [5, 5.41) is 27.3. The van der Waals surface area contributed by atoms with Crippen LogP contribution in [0.3, 0.4) is 0 Å². The maximum absolute atomic E-state index is 13.2. The van der Waals surface area contributed by atoms with Gasteiger partial charge >= 0.3 is 5.97 Å². The third-order valence-corrected chi connectivity index (χ3v) is 2.51. The van der Waals surface area contributed by atoms with Crippen LogP contribution in [0.4, 0.5) is 4.39 Å². The lowest BCUT2D eigenvalue weighted by Crippen LogP contribution is -1.96. The van der Waals surface area contributed by atoms with Crippen LogP contribution in [-0.2, 0) is 0 Å². The zero-order valence-corrected chi connectivity index (χ0v) is 9.09. The topological polar surface area (TPSA) is 77.8 Å². The lowest BCUT2D eigenvalue weighted by molar-refractivity contribution is 0.0694. The molecule has 0 aliphatic carbocycles. The fraction of sp³-hybridized carbons (Fsp3) is 0.